The van der Waals surface area contributed by atoms with E-state index in [1.54, 1.807) is 6.07 Å². The van der Waals surface area contributed by atoms with Crippen molar-refractivity contribution in [2.45, 2.75) is 0 Å². The molecule has 0 radical (unpaired) electrons. The molecule has 0 atom stereocenters. The number of aliphatic hydroxyl groups excluding tert-OH is 1. The van der Waals surface area contributed by atoms with Crippen molar-refractivity contribution in [3.8, 4) is 17.6 Å². The molecule has 0 unspecified atom stereocenters. The molecule has 2 N–H and O–H groups in total. The number of phenolic OH excluding ortho intramolecular Hbond substituents is 1. The number of amides is 1. The van der Waals surface area contributed by atoms with Crippen LogP contribution < -0.4 is 9.64 Å². The van der Waals surface area contributed by atoms with Gasteiger partial charge in [0, 0.05) is 24.7 Å². The maximum atomic E-state index is 12.4. The smallest absolute Gasteiger partial charge is 0.315 e. The van der Waals surface area contributed by atoms with E-state index in [1.807, 2.05) is 0 Å². The number of aromatic nitrogens is 1. The Morgan fingerprint density at radius 1 is 1.50 bits per heavy atom. The monoisotopic (exact) mass is 360 g/mol. The van der Waals surface area contributed by atoms with Crippen LogP contribution in [0.4, 0.5) is 11.6 Å². The standard InChI is InChI=1S/C15H12N4O7/c1-18(12-3-4-17-26-12)15(22)9(7-16)13(20)8-5-10(19(23)24)14(21)11(6-8)25-2/h3-6,20-21H,1-2H3/b13-9-. The minimum Gasteiger partial charge on any atom is -0.506 e. The molecule has 1 amide bonds. The van der Waals surface area contributed by atoms with E-state index in [9.17, 15) is 30.4 Å². The number of nitriles is 1. The summed E-state index contributed by atoms with van der Waals surface area (Å²) in [7, 11) is 2.44. The number of nitro benzene ring substituents is 1. The fourth-order valence-corrected chi connectivity index (χ4v) is 2.02. The van der Waals surface area contributed by atoms with E-state index < -0.39 is 33.6 Å². The second-order valence-corrected chi connectivity index (χ2v) is 4.85. The number of aromatic hydroxyl groups is 1. The Bertz CT molecular complexity index is 928. The zero-order valence-corrected chi connectivity index (χ0v) is 13.5. The predicted molar refractivity (Wildman–Crippen MR) is 86.4 cm³/mol. The third kappa shape index (κ3) is 3.24. The van der Waals surface area contributed by atoms with Crippen LogP contribution in [0.2, 0.25) is 0 Å². The summed E-state index contributed by atoms with van der Waals surface area (Å²) in [6, 6.07) is 4.77. The molecule has 0 spiro atoms. The van der Waals surface area contributed by atoms with Crippen molar-refractivity contribution < 1.29 is 29.2 Å². The number of carbonyl (C=O) groups is 1. The van der Waals surface area contributed by atoms with E-state index in [-0.39, 0.29) is 17.2 Å². The molecule has 0 aliphatic carbocycles. The highest BCUT2D eigenvalue weighted by Gasteiger charge is 2.26. The topological polar surface area (TPSA) is 163 Å². The van der Waals surface area contributed by atoms with Crippen LogP contribution >= 0.6 is 0 Å². The predicted octanol–water partition coefficient (Wildman–Crippen LogP) is 1.75. The first-order valence-electron chi connectivity index (χ1n) is 6.89. The molecule has 2 aromatic rings. The minimum absolute atomic E-state index is 0.0183. The van der Waals surface area contributed by atoms with E-state index >= 15 is 0 Å². The average Bonchev–Trinajstić information content (AvgIpc) is 3.15. The largest absolute Gasteiger partial charge is 0.506 e. The number of hydrogen-bond donors (Lipinski definition) is 2. The summed E-state index contributed by atoms with van der Waals surface area (Å²) >= 11 is 0. The lowest BCUT2D eigenvalue weighted by molar-refractivity contribution is -0.386. The third-order valence-electron chi connectivity index (χ3n) is 3.37. The van der Waals surface area contributed by atoms with Crippen LogP contribution in [0.25, 0.3) is 5.76 Å². The molecular weight excluding hydrogens is 348 g/mol. The van der Waals surface area contributed by atoms with Crippen LogP contribution in [0.15, 0.2) is 34.5 Å². The van der Waals surface area contributed by atoms with Crippen LogP contribution in [0, 0.1) is 21.4 Å². The lowest BCUT2D eigenvalue weighted by atomic mass is 10.1. The van der Waals surface area contributed by atoms with Gasteiger partial charge in [-0.3, -0.25) is 19.8 Å². The van der Waals surface area contributed by atoms with Crippen LogP contribution in [0.1, 0.15) is 5.56 Å². The maximum Gasteiger partial charge on any atom is 0.315 e. The first kappa shape index (κ1) is 18.3. The molecule has 0 aliphatic rings. The van der Waals surface area contributed by atoms with Crippen LogP contribution in [0.5, 0.6) is 11.5 Å². The molecule has 0 saturated heterocycles. The molecule has 134 valence electrons. The molecule has 2 rings (SSSR count). The molecular formula is C15H12N4O7. The average molecular weight is 360 g/mol. The quantitative estimate of drug-likeness (QED) is 0.266. The summed E-state index contributed by atoms with van der Waals surface area (Å²) in [6.45, 7) is 0. The number of hydrogen-bond acceptors (Lipinski definition) is 9. The zero-order chi connectivity index (χ0) is 19.4. The number of carbonyl (C=O) groups excluding carboxylic acids is 1. The Kier molecular flexibility index (Phi) is 5.07. The summed E-state index contributed by atoms with van der Waals surface area (Å²) in [5, 5.41) is 43.8. The summed E-state index contributed by atoms with van der Waals surface area (Å²) < 4.78 is 9.62. The summed E-state index contributed by atoms with van der Waals surface area (Å²) in [6.07, 6.45) is 1.28. The summed E-state index contributed by atoms with van der Waals surface area (Å²) in [5.41, 5.74) is -1.73. The molecule has 1 aromatic heterocycles. The highest BCUT2D eigenvalue weighted by molar-refractivity contribution is 6.11. The van der Waals surface area contributed by atoms with Gasteiger partial charge in [-0.15, -0.1) is 0 Å². The van der Waals surface area contributed by atoms with Gasteiger partial charge >= 0.3 is 5.69 Å². The van der Waals surface area contributed by atoms with Crippen molar-refractivity contribution in [2.75, 3.05) is 19.1 Å². The fourth-order valence-electron chi connectivity index (χ4n) is 2.02. The van der Waals surface area contributed by atoms with Crippen LogP contribution in [0.3, 0.4) is 0 Å². The molecule has 1 heterocycles. The zero-order valence-electron chi connectivity index (χ0n) is 13.5. The van der Waals surface area contributed by atoms with Gasteiger partial charge in [0.2, 0.25) is 11.6 Å². The Morgan fingerprint density at radius 2 is 2.19 bits per heavy atom. The molecule has 0 saturated carbocycles. The normalized spacial score (nSPS) is 11.3. The Hall–Kier alpha value is -4.07. The van der Waals surface area contributed by atoms with Gasteiger partial charge in [0.25, 0.3) is 5.91 Å². The highest BCUT2D eigenvalue weighted by atomic mass is 16.6. The van der Waals surface area contributed by atoms with Gasteiger partial charge in [0.15, 0.2) is 11.3 Å². The van der Waals surface area contributed by atoms with E-state index in [2.05, 4.69) is 5.16 Å². The molecule has 11 nitrogen and oxygen atoms in total. The number of anilines is 1. The number of methoxy groups -OCH3 is 1. The second kappa shape index (κ2) is 7.22. The lowest BCUT2D eigenvalue weighted by Crippen LogP contribution is -2.27. The first-order chi connectivity index (χ1) is 12.3. The van der Waals surface area contributed by atoms with Gasteiger partial charge in [0.1, 0.15) is 11.8 Å². The third-order valence-corrected chi connectivity index (χ3v) is 3.37. The molecule has 0 aliphatic heterocycles. The van der Waals surface area contributed by atoms with Crippen molar-refractivity contribution in [3.63, 3.8) is 0 Å². The molecule has 0 fully saturated rings. The number of benzene rings is 1. The molecule has 11 heteroatoms. The Morgan fingerprint density at radius 3 is 2.69 bits per heavy atom. The van der Waals surface area contributed by atoms with E-state index in [1.165, 1.54) is 19.3 Å². The number of phenols is 1. The first-order valence-corrected chi connectivity index (χ1v) is 6.89. The van der Waals surface area contributed by atoms with E-state index in [4.69, 9.17) is 9.26 Å². The van der Waals surface area contributed by atoms with E-state index in [0.717, 1.165) is 24.1 Å². The van der Waals surface area contributed by atoms with Crippen molar-refractivity contribution >= 4 is 23.2 Å². The van der Waals surface area contributed by atoms with Crippen molar-refractivity contribution in [2.24, 2.45) is 0 Å². The number of rotatable bonds is 5. The van der Waals surface area contributed by atoms with Gasteiger partial charge in [-0.2, -0.15) is 5.26 Å². The van der Waals surface area contributed by atoms with Gasteiger partial charge in [-0.1, -0.05) is 5.16 Å². The lowest BCUT2D eigenvalue weighted by Gasteiger charge is -2.13. The SMILES string of the molecule is COc1cc(/C(O)=C(\C#N)C(=O)N(C)c2ccno2)cc([N+](=O)[O-])c1O. The van der Waals surface area contributed by atoms with Gasteiger partial charge in [-0.25, -0.2) is 0 Å². The molecule has 1 aromatic carbocycles. The fraction of sp³-hybridized carbons (Fsp3) is 0.133. The second-order valence-electron chi connectivity index (χ2n) is 4.85. The summed E-state index contributed by atoms with van der Waals surface area (Å²) in [5.74, 6) is -2.81. The van der Waals surface area contributed by atoms with Gasteiger partial charge in [-0.05, 0) is 6.07 Å². The highest BCUT2D eigenvalue weighted by Crippen LogP contribution is 2.38. The van der Waals surface area contributed by atoms with Crippen LogP contribution in [-0.4, -0.2) is 40.4 Å². The number of nitrogens with zero attached hydrogens (tertiary/aromatic N) is 4. The Labute approximate surface area is 146 Å². The molecule has 0 bridgehead atoms. The van der Waals surface area contributed by atoms with Crippen LogP contribution in [-0.2, 0) is 4.79 Å². The Balaban J connectivity index is 2.58. The van der Waals surface area contributed by atoms with Crippen molar-refractivity contribution in [1.29, 1.82) is 5.26 Å². The van der Waals surface area contributed by atoms with Gasteiger partial charge in [0.05, 0.1) is 18.2 Å². The number of aliphatic hydroxyl groups is 1. The van der Waals surface area contributed by atoms with Crippen molar-refractivity contribution in [1.82, 2.24) is 5.16 Å². The number of nitro groups is 1. The van der Waals surface area contributed by atoms with Gasteiger partial charge < -0.3 is 19.5 Å². The van der Waals surface area contributed by atoms with Crippen molar-refractivity contribution in [3.05, 3.63) is 45.6 Å². The minimum atomic E-state index is -0.934. The maximum absolute atomic E-state index is 12.4. The van der Waals surface area contributed by atoms with E-state index in [0.29, 0.717) is 0 Å². The number of ether oxygens (including phenoxy) is 1. The summed E-state index contributed by atoms with van der Waals surface area (Å²) in [4.78, 5) is 23.5. The molecule has 26 heavy (non-hydrogen) atoms. The number of likely N-dealkylation sites (N-methyl/N-ethyl adjacent to an activating group) is 1.